The van der Waals surface area contributed by atoms with Crippen LogP contribution < -0.4 is 5.32 Å². The molecule has 0 aliphatic carbocycles. The van der Waals surface area contributed by atoms with E-state index in [1.807, 2.05) is 13.8 Å². The van der Waals surface area contributed by atoms with Gasteiger partial charge in [0.2, 0.25) is 11.8 Å². The normalized spacial score (nSPS) is 8.50. The molecule has 0 bridgehead atoms. The van der Waals surface area contributed by atoms with Crippen LogP contribution in [-0.4, -0.2) is 37.4 Å². The fraction of sp³-hybridized carbons (Fsp3) is 0.750. The summed E-state index contributed by atoms with van der Waals surface area (Å²) in [4.78, 5) is 22.7. The van der Waals surface area contributed by atoms with Gasteiger partial charge in [0.05, 0.1) is 6.54 Å². The Balaban J connectivity index is 0. The first-order valence-electron chi connectivity index (χ1n) is 3.97. The van der Waals surface area contributed by atoms with E-state index in [1.165, 1.54) is 6.92 Å². The van der Waals surface area contributed by atoms with Crippen molar-refractivity contribution in [2.45, 2.75) is 20.8 Å². The van der Waals surface area contributed by atoms with E-state index in [9.17, 15) is 9.59 Å². The number of carbonyl (C=O) groups excluding carboxylic acids is 2. The Morgan fingerprint density at radius 1 is 1.25 bits per heavy atom. The molecular weight excluding hydrogens is 156 g/mol. The van der Waals surface area contributed by atoms with E-state index in [0.717, 1.165) is 0 Å². The van der Waals surface area contributed by atoms with E-state index < -0.39 is 0 Å². The molecule has 0 rings (SSSR count). The molecular formula is C8H18N2O2. The van der Waals surface area contributed by atoms with Gasteiger partial charge in [0.25, 0.3) is 0 Å². The van der Waals surface area contributed by atoms with Gasteiger partial charge in [0, 0.05) is 6.92 Å². The van der Waals surface area contributed by atoms with Gasteiger partial charge in [-0.2, -0.15) is 0 Å². The monoisotopic (exact) mass is 174 g/mol. The molecule has 0 aromatic carbocycles. The first-order valence-corrected chi connectivity index (χ1v) is 3.97. The quantitative estimate of drug-likeness (QED) is 0.652. The van der Waals surface area contributed by atoms with Gasteiger partial charge in [-0.25, -0.2) is 0 Å². The number of rotatable bonds is 2. The Morgan fingerprint density at radius 2 is 1.67 bits per heavy atom. The second kappa shape index (κ2) is 8.20. The lowest BCUT2D eigenvalue weighted by Gasteiger charge is -2.07. The SMILES string of the molecule is CC.CC(=O)NC(=O)CN(C)C. The van der Waals surface area contributed by atoms with Crippen molar-refractivity contribution in [1.29, 1.82) is 0 Å². The highest BCUT2D eigenvalue weighted by Crippen LogP contribution is 1.73. The molecule has 0 unspecified atom stereocenters. The molecule has 1 N–H and O–H groups in total. The van der Waals surface area contributed by atoms with Crippen LogP contribution in [0.1, 0.15) is 20.8 Å². The minimum absolute atomic E-state index is 0.250. The topological polar surface area (TPSA) is 49.4 Å². The average molecular weight is 174 g/mol. The lowest BCUT2D eigenvalue weighted by Crippen LogP contribution is -2.35. The van der Waals surface area contributed by atoms with Gasteiger partial charge >= 0.3 is 0 Å². The minimum Gasteiger partial charge on any atom is -0.301 e. The van der Waals surface area contributed by atoms with Crippen LogP contribution in [0.15, 0.2) is 0 Å². The highest BCUT2D eigenvalue weighted by molar-refractivity contribution is 5.94. The number of carbonyl (C=O) groups is 2. The number of nitrogens with zero attached hydrogens (tertiary/aromatic N) is 1. The van der Waals surface area contributed by atoms with Crippen LogP contribution in [-0.2, 0) is 9.59 Å². The summed E-state index contributed by atoms with van der Waals surface area (Å²) in [6, 6.07) is 0. The highest BCUT2D eigenvalue weighted by Gasteiger charge is 2.02. The zero-order valence-electron chi connectivity index (χ0n) is 8.47. The van der Waals surface area contributed by atoms with Crippen LogP contribution in [0.3, 0.4) is 0 Å². The number of amides is 2. The van der Waals surface area contributed by atoms with E-state index >= 15 is 0 Å². The molecule has 0 aromatic rings. The van der Waals surface area contributed by atoms with Gasteiger partial charge in [-0.3, -0.25) is 14.9 Å². The van der Waals surface area contributed by atoms with Crippen LogP contribution in [0.4, 0.5) is 0 Å². The van der Waals surface area contributed by atoms with E-state index in [0.29, 0.717) is 0 Å². The minimum atomic E-state index is -0.313. The predicted molar refractivity (Wildman–Crippen MR) is 48.7 cm³/mol. The lowest BCUT2D eigenvalue weighted by atomic mass is 10.5. The smallest absolute Gasteiger partial charge is 0.240 e. The van der Waals surface area contributed by atoms with Crippen LogP contribution in [0, 0.1) is 0 Å². The Labute approximate surface area is 73.9 Å². The van der Waals surface area contributed by atoms with Crippen LogP contribution in [0.5, 0.6) is 0 Å². The molecule has 0 spiro atoms. The summed E-state index contributed by atoms with van der Waals surface area (Å²) in [5, 5.41) is 2.15. The average Bonchev–Trinajstić information content (AvgIpc) is 1.87. The van der Waals surface area contributed by atoms with Crippen molar-refractivity contribution in [3.05, 3.63) is 0 Å². The van der Waals surface area contributed by atoms with Crippen molar-refractivity contribution in [2.75, 3.05) is 20.6 Å². The fourth-order valence-electron chi connectivity index (χ4n) is 0.523. The molecule has 12 heavy (non-hydrogen) atoms. The summed E-state index contributed by atoms with van der Waals surface area (Å²) >= 11 is 0. The van der Waals surface area contributed by atoms with Crippen molar-refractivity contribution in [3.8, 4) is 0 Å². The van der Waals surface area contributed by atoms with Crippen molar-refractivity contribution >= 4 is 11.8 Å². The summed E-state index contributed by atoms with van der Waals surface area (Å²) in [6.45, 7) is 5.56. The van der Waals surface area contributed by atoms with Crippen LogP contribution in [0.25, 0.3) is 0 Å². The zero-order chi connectivity index (χ0) is 10.1. The molecule has 72 valence electrons. The van der Waals surface area contributed by atoms with Gasteiger partial charge in [-0.15, -0.1) is 0 Å². The summed E-state index contributed by atoms with van der Waals surface area (Å²) in [7, 11) is 3.53. The van der Waals surface area contributed by atoms with Gasteiger partial charge in [0.15, 0.2) is 0 Å². The summed E-state index contributed by atoms with van der Waals surface area (Å²) in [5.41, 5.74) is 0. The van der Waals surface area contributed by atoms with E-state index in [-0.39, 0.29) is 18.4 Å². The highest BCUT2D eigenvalue weighted by atomic mass is 16.2. The summed E-state index contributed by atoms with van der Waals surface area (Å²) < 4.78 is 0. The van der Waals surface area contributed by atoms with Gasteiger partial charge < -0.3 is 4.90 Å². The molecule has 0 saturated carbocycles. The van der Waals surface area contributed by atoms with Gasteiger partial charge in [-0.1, -0.05) is 13.8 Å². The maximum absolute atomic E-state index is 10.7. The second-order valence-electron chi connectivity index (χ2n) is 2.34. The maximum atomic E-state index is 10.7. The molecule has 0 atom stereocenters. The molecule has 4 nitrogen and oxygen atoms in total. The maximum Gasteiger partial charge on any atom is 0.240 e. The Morgan fingerprint density at radius 3 is 1.92 bits per heavy atom. The molecule has 0 saturated heterocycles. The molecule has 0 radical (unpaired) electrons. The van der Waals surface area contributed by atoms with E-state index in [1.54, 1.807) is 19.0 Å². The first-order chi connectivity index (χ1) is 5.52. The lowest BCUT2D eigenvalue weighted by molar-refractivity contribution is -0.129. The fourth-order valence-corrected chi connectivity index (χ4v) is 0.523. The Kier molecular flexibility index (Phi) is 9.34. The number of hydrogen-bond donors (Lipinski definition) is 1. The Hall–Kier alpha value is -0.900. The molecule has 0 fully saturated rings. The molecule has 0 aliphatic rings. The van der Waals surface area contributed by atoms with Crippen molar-refractivity contribution in [3.63, 3.8) is 0 Å². The largest absolute Gasteiger partial charge is 0.301 e. The second-order valence-corrected chi connectivity index (χ2v) is 2.34. The summed E-state index contributed by atoms with van der Waals surface area (Å²) in [5.74, 6) is -0.579. The van der Waals surface area contributed by atoms with Crippen molar-refractivity contribution in [1.82, 2.24) is 10.2 Å². The van der Waals surface area contributed by atoms with Gasteiger partial charge in [-0.05, 0) is 14.1 Å². The van der Waals surface area contributed by atoms with Crippen LogP contribution in [0.2, 0.25) is 0 Å². The number of imide groups is 1. The van der Waals surface area contributed by atoms with Crippen molar-refractivity contribution < 1.29 is 9.59 Å². The molecule has 4 heteroatoms. The van der Waals surface area contributed by atoms with E-state index in [2.05, 4.69) is 5.32 Å². The molecule has 0 aromatic heterocycles. The molecule has 0 heterocycles. The third-order valence-corrected chi connectivity index (χ3v) is 0.775. The predicted octanol–water partition coefficient (Wildman–Crippen LogP) is 0.237. The number of likely N-dealkylation sites (N-methyl/N-ethyl adjacent to an activating group) is 1. The molecule has 0 aliphatic heterocycles. The Bertz CT molecular complexity index is 144. The third-order valence-electron chi connectivity index (χ3n) is 0.775. The standard InChI is InChI=1S/C6H12N2O2.C2H6/c1-5(9)7-6(10)4-8(2)3;1-2/h4H2,1-3H3,(H,7,9,10);1-2H3. The first kappa shape index (κ1) is 13.7. The number of nitrogens with one attached hydrogen (secondary N) is 1. The van der Waals surface area contributed by atoms with Gasteiger partial charge in [0.1, 0.15) is 0 Å². The molecule has 2 amide bonds. The number of hydrogen-bond acceptors (Lipinski definition) is 3. The summed E-state index contributed by atoms with van der Waals surface area (Å²) in [6.07, 6.45) is 0. The van der Waals surface area contributed by atoms with E-state index in [4.69, 9.17) is 0 Å². The third kappa shape index (κ3) is 11.8. The van der Waals surface area contributed by atoms with Crippen molar-refractivity contribution in [2.24, 2.45) is 0 Å². The zero-order valence-corrected chi connectivity index (χ0v) is 8.47. The van der Waals surface area contributed by atoms with Crippen LogP contribution >= 0.6 is 0 Å².